The van der Waals surface area contributed by atoms with E-state index in [0.717, 1.165) is 31.0 Å². The number of benzene rings is 1. The third-order valence-electron chi connectivity index (χ3n) is 3.70. The number of hydrogen-bond donors (Lipinski definition) is 1. The Bertz CT molecular complexity index is 658. The van der Waals surface area contributed by atoms with Gasteiger partial charge < -0.3 is 4.90 Å². The van der Waals surface area contributed by atoms with Gasteiger partial charge in [-0.25, -0.2) is 0 Å². The molecule has 2 heterocycles. The normalized spacial score (nSPS) is 16.1. The zero-order valence-corrected chi connectivity index (χ0v) is 13.6. The smallest absolute Gasteiger partial charge is 0.103 e. The van der Waals surface area contributed by atoms with Crippen LogP contribution < -0.4 is 0 Å². The van der Waals surface area contributed by atoms with Gasteiger partial charge in [0, 0.05) is 25.0 Å². The van der Waals surface area contributed by atoms with Crippen LogP contribution in [-0.4, -0.2) is 41.0 Å². The molecule has 0 bridgehead atoms. The summed E-state index contributed by atoms with van der Waals surface area (Å²) >= 11 is 1.83. The van der Waals surface area contributed by atoms with Crippen molar-refractivity contribution in [3.05, 3.63) is 59.9 Å². The van der Waals surface area contributed by atoms with E-state index in [4.69, 9.17) is 0 Å². The van der Waals surface area contributed by atoms with E-state index in [0.29, 0.717) is 0 Å². The molecule has 3 nitrogen and oxygen atoms in total. The molecule has 0 atom stereocenters. The largest absolute Gasteiger partial charge is 0.302 e. The third-order valence-corrected chi connectivity index (χ3v) is 4.68. The summed E-state index contributed by atoms with van der Waals surface area (Å²) < 4.78 is 0. The molecular formula is C18H21N3S. The summed E-state index contributed by atoms with van der Waals surface area (Å²) in [5.41, 5.74) is 3.70. The van der Waals surface area contributed by atoms with Crippen LogP contribution in [0.1, 0.15) is 17.7 Å². The first-order valence-electron chi connectivity index (χ1n) is 7.59. The lowest BCUT2D eigenvalue weighted by molar-refractivity contribution is 0.372. The summed E-state index contributed by atoms with van der Waals surface area (Å²) in [6, 6.07) is 10.4. The van der Waals surface area contributed by atoms with Gasteiger partial charge in [-0.05, 0) is 24.6 Å². The molecule has 1 aromatic heterocycles. The molecule has 114 valence electrons. The van der Waals surface area contributed by atoms with Crippen LogP contribution in [0.15, 0.2) is 53.6 Å². The number of thioether (sulfide) groups is 1. The predicted molar refractivity (Wildman–Crippen MR) is 94.9 cm³/mol. The maximum Gasteiger partial charge on any atom is 0.103 e. The monoisotopic (exact) mass is 311 g/mol. The minimum atomic E-state index is 0.949. The summed E-state index contributed by atoms with van der Waals surface area (Å²) in [6.45, 7) is 2.12. The SMILES string of the molecule is CN1CCC=C(c2n[nH]cc2SCC=Cc2ccccc2)C1. The Labute approximate surface area is 136 Å². The molecule has 0 saturated carbocycles. The number of nitrogens with zero attached hydrogens (tertiary/aromatic N) is 2. The van der Waals surface area contributed by atoms with Crippen molar-refractivity contribution in [2.45, 2.75) is 11.3 Å². The number of nitrogens with one attached hydrogen (secondary N) is 1. The van der Waals surface area contributed by atoms with Crippen molar-refractivity contribution >= 4 is 23.4 Å². The van der Waals surface area contributed by atoms with Gasteiger partial charge in [-0.3, -0.25) is 5.10 Å². The molecular weight excluding hydrogens is 290 g/mol. The fourth-order valence-corrected chi connectivity index (χ4v) is 3.39. The second-order valence-electron chi connectivity index (χ2n) is 5.48. The van der Waals surface area contributed by atoms with Crippen LogP contribution in [0.5, 0.6) is 0 Å². The molecule has 2 aromatic rings. The van der Waals surface area contributed by atoms with Crippen molar-refractivity contribution < 1.29 is 0 Å². The van der Waals surface area contributed by atoms with Gasteiger partial charge in [0.05, 0.1) is 4.90 Å². The summed E-state index contributed by atoms with van der Waals surface area (Å²) in [6.07, 6.45) is 9.81. The van der Waals surface area contributed by atoms with E-state index in [1.807, 2.05) is 24.0 Å². The molecule has 0 spiro atoms. The highest BCUT2D eigenvalue weighted by molar-refractivity contribution is 7.99. The standard InChI is InChI=1S/C18H21N3S/c1-21-11-5-10-16(14-21)18-17(13-19-20-18)22-12-6-9-15-7-3-2-4-8-15/h2-4,6-10,13H,5,11-12,14H2,1H3,(H,19,20). The number of aromatic nitrogens is 2. The molecule has 0 aliphatic carbocycles. The van der Waals surface area contributed by atoms with Gasteiger partial charge in [-0.15, -0.1) is 11.8 Å². The van der Waals surface area contributed by atoms with Gasteiger partial charge in [0.1, 0.15) is 5.69 Å². The average molecular weight is 311 g/mol. The summed E-state index contributed by atoms with van der Waals surface area (Å²) in [5.74, 6) is 0.949. The highest BCUT2D eigenvalue weighted by atomic mass is 32.2. The van der Waals surface area contributed by atoms with Crippen molar-refractivity contribution in [2.75, 3.05) is 25.9 Å². The van der Waals surface area contributed by atoms with Gasteiger partial charge in [0.2, 0.25) is 0 Å². The molecule has 1 aliphatic heterocycles. The van der Waals surface area contributed by atoms with Crippen LogP contribution in [0.2, 0.25) is 0 Å². The van der Waals surface area contributed by atoms with E-state index in [-0.39, 0.29) is 0 Å². The number of rotatable bonds is 5. The molecule has 0 fully saturated rings. The molecule has 22 heavy (non-hydrogen) atoms. The minimum absolute atomic E-state index is 0.949. The van der Waals surface area contributed by atoms with E-state index in [1.54, 1.807) is 0 Å². The number of likely N-dealkylation sites (N-methyl/N-ethyl adjacent to an activating group) is 1. The third kappa shape index (κ3) is 3.90. The minimum Gasteiger partial charge on any atom is -0.302 e. The van der Waals surface area contributed by atoms with E-state index in [1.165, 1.54) is 16.0 Å². The van der Waals surface area contributed by atoms with Crippen LogP contribution in [-0.2, 0) is 0 Å². The lowest BCUT2D eigenvalue weighted by Gasteiger charge is -2.22. The molecule has 4 heteroatoms. The molecule has 1 N–H and O–H groups in total. The van der Waals surface area contributed by atoms with E-state index < -0.39 is 0 Å². The molecule has 0 radical (unpaired) electrons. The van der Waals surface area contributed by atoms with Gasteiger partial charge in [0.15, 0.2) is 0 Å². The molecule has 1 aromatic carbocycles. The van der Waals surface area contributed by atoms with E-state index in [2.05, 4.69) is 64.6 Å². The van der Waals surface area contributed by atoms with Crippen LogP contribution in [0, 0.1) is 0 Å². The fourth-order valence-electron chi connectivity index (χ4n) is 2.57. The Morgan fingerprint density at radius 2 is 2.18 bits per heavy atom. The Morgan fingerprint density at radius 3 is 3.00 bits per heavy atom. The van der Waals surface area contributed by atoms with Crippen LogP contribution >= 0.6 is 11.8 Å². The van der Waals surface area contributed by atoms with Crippen molar-refractivity contribution in [1.29, 1.82) is 0 Å². The highest BCUT2D eigenvalue weighted by Crippen LogP contribution is 2.28. The molecule has 0 unspecified atom stereocenters. The van der Waals surface area contributed by atoms with Crippen molar-refractivity contribution in [2.24, 2.45) is 0 Å². The van der Waals surface area contributed by atoms with Crippen LogP contribution in [0.4, 0.5) is 0 Å². The molecule has 0 amide bonds. The average Bonchev–Trinajstić information content (AvgIpc) is 3.01. The van der Waals surface area contributed by atoms with Crippen LogP contribution in [0.3, 0.4) is 0 Å². The number of hydrogen-bond acceptors (Lipinski definition) is 3. The topological polar surface area (TPSA) is 31.9 Å². The number of H-pyrrole nitrogens is 1. The quantitative estimate of drug-likeness (QED) is 0.849. The van der Waals surface area contributed by atoms with E-state index in [9.17, 15) is 0 Å². The predicted octanol–water partition coefficient (Wildman–Crippen LogP) is 3.93. The van der Waals surface area contributed by atoms with Gasteiger partial charge >= 0.3 is 0 Å². The Hall–Kier alpha value is -1.78. The highest BCUT2D eigenvalue weighted by Gasteiger charge is 2.15. The summed E-state index contributed by atoms with van der Waals surface area (Å²) in [4.78, 5) is 3.58. The maximum atomic E-state index is 4.45. The van der Waals surface area contributed by atoms with Crippen molar-refractivity contribution in [3.8, 4) is 0 Å². The fraction of sp³-hybridized carbons (Fsp3) is 0.278. The zero-order chi connectivity index (χ0) is 15.2. The van der Waals surface area contributed by atoms with E-state index >= 15 is 0 Å². The molecule has 1 aliphatic rings. The Kier molecular flexibility index (Phi) is 5.14. The second-order valence-corrected chi connectivity index (χ2v) is 6.54. The van der Waals surface area contributed by atoms with Gasteiger partial charge in [0.25, 0.3) is 0 Å². The molecule has 0 saturated heterocycles. The lowest BCUT2D eigenvalue weighted by atomic mass is 10.1. The van der Waals surface area contributed by atoms with Gasteiger partial charge in [-0.1, -0.05) is 48.6 Å². The number of aromatic amines is 1. The second kappa shape index (κ2) is 7.47. The Balaban J connectivity index is 1.61. The lowest BCUT2D eigenvalue weighted by Crippen LogP contribution is -2.25. The summed E-state index contributed by atoms with van der Waals surface area (Å²) in [5, 5.41) is 7.46. The van der Waals surface area contributed by atoms with Gasteiger partial charge in [-0.2, -0.15) is 5.10 Å². The summed E-state index contributed by atoms with van der Waals surface area (Å²) in [7, 11) is 2.16. The van der Waals surface area contributed by atoms with Crippen molar-refractivity contribution in [1.82, 2.24) is 15.1 Å². The first-order valence-corrected chi connectivity index (χ1v) is 8.57. The first-order chi connectivity index (χ1) is 10.8. The Morgan fingerprint density at radius 1 is 1.32 bits per heavy atom. The molecule has 3 rings (SSSR count). The first kappa shape index (κ1) is 15.1. The van der Waals surface area contributed by atoms with Crippen LogP contribution in [0.25, 0.3) is 11.6 Å². The van der Waals surface area contributed by atoms with Crippen molar-refractivity contribution in [3.63, 3.8) is 0 Å². The zero-order valence-electron chi connectivity index (χ0n) is 12.8. The maximum absolute atomic E-state index is 4.45.